The van der Waals surface area contributed by atoms with Crippen LogP contribution < -0.4 is 0 Å². The van der Waals surface area contributed by atoms with E-state index in [1.54, 1.807) is 12.1 Å². The Balaban J connectivity index is 1.29. The van der Waals surface area contributed by atoms with Gasteiger partial charge in [0.1, 0.15) is 0 Å². The Hall–Kier alpha value is -6.66. The maximum Gasteiger partial charge on any atom is 0.269 e. The molecule has 0 aliphatic heterocycles. The summed E-state index contributed by atoms with van der Waals surface area (Å²) in [6.07, 6.45) is 0. The average molecular weight is 619 g/mol. The first-order valence-corrected chi connectivity index (χ1v) is 16.0. The van der Waals surface area contributed by atoms with Gasteiger partial charge in [0.05, 0.1) is 38.0 Å². The smallest absolute Gasteiger partial charge is 0.269 e. The summed E-state index contributed by atoms with van der Waals surface area (Å²) in [5, 5.41) is 18.6. The number of fused-ring (bicyclic) bond motifs is 9. The van der Waals surface area contributed by atoms with E-state index < -0.39 is 0 Å². The van der Waals surface area contributed by atoms with Gasteiger partial charge in [0.2, 0.25) is 0 Å². The minimum atomic E-state index is -0.355. The van der Waals surface area contributed by atoms with Crippen molar-refractivity contribution >= 4 is 71.1 Å². The van der Waals surface area contributed by atoms with Crippen molar-refractivity contribution in [2.24, 2.45) is 0 Å². The summed E-state index contributed by atoms with van der Waals surface area (Å²) < 4.78 is 6.89. The zero-order valence-corrected chi connectivity index (χ0v) is 25.6. The number of nitro benzene ring substituents is 1. The van der Waals surface area contributed by atoms with Crippen molar-refractivity contribution in [2.75, 3.05) is 0 Å². The van der Waals surface area contributed by atoms with E-state index in [4.69, 9.17) is 0 Å². The summed E-state index contributed by atoms with van der Waals surface area (Å²) in [7, 11) is 0. The number of hydrogen-bond acceptors (Lipinski definition) is 2. The number of nitrogens with zero attached hydrogens (tertiary/aromatic N) is 4. The fourth-order valence-corrected chi connectivity index (χ4v) is 7.68. The molecule has 0 saturated heterocycles. The first kappa shape index (κ1) is 26.5. The second kappa shape index (κ2) is 9.92. The average Bonchev–Trinajstić information content (AvgIpc) is 3.77. The van der Waals surface area contributed by atoms with Crippen molar-refractivity contribution in [3.8, 4) is 17.1 Å². The van der Waals surface area contributed by atoms with Gasteiger partial charge in [-0.25, -0.2) is 0 Å². The number of benzene rings is 7. The lowest BCUT2D eigenvalue weighted by atomic mass is 10.1. The van der Waals surface area contributed by atoms with E-state index in [2.05, 4.69) is 147 Å². The van der Waals surface area contributed by atoms with Crippen LogP contribution in [0.3, 0.4) is 0 Å². The summed E-state index contributed by atoms with van der Waals surface area (Å²) in [6.45, 7) is 0. The Labute approximate surface area is 274 Å². The molecule has 6 nitrogen and oxygen atoms in total. The van der Waals surface area contributed by atoms with Gasteiger partial charge in [0.15, 0.2) is 0 Å². The largest absolute Gasteiger partial charge is 0.309 e. The van der Waals surface area contributed by atoms with Gasteiger partial charge in [0, 0.05) is 61.5 Å². The molecule has 0 radical (unpaired) electrons. The van der Waals surface area contributed by atoms with Gasteiger partial charge < -0.3 is 13.7 Å². The molecular formula is C42H26N4O2. The van der Waals surface area contributed by atoms with Crippen LogP contribution >= 0.6 is 0 Å². The molecule has 0 fully saturated rings. The zero-order chi connectivity index (χ0) is 31.9. The molecule has 0 saturated carbocycles. The second-order valence-electron chi connectivity index (χ2n) is 12.3. The van der Waals surface area contributed by atoms with E-state index in [9.17, 15) is 10.1 Å². The third-order valence-corrected chi connectivity index (χ3v) is 9.73. The summed E-state index contributed by atoms with van der Waals surface area (Å²) in [5.41, 5.74) is 9.77. The minimum Gasteiger partial charge on any atom is -0.309 e. The van der Waals surface area contributed by atoms with Crippen molar-refractivity contribution in [2.45, 2.75) is 0 Å². The Bertz CT molecular complexity index is 2650. The van der Waals surface area contributed by atoms with Gasteiger partial charge in [-0.15, -0.1) is 0 Å². The van der Waals surface area contributed by atoms with E-state index in [-0.39, 0.29) is 10.6 Å². The molecule has 6 heteroatoms. The number of nitro groups is 1. The van der Waals surface area contributed by atoms with Gasteiger partial charge in [0.25, 0.3) is 5.69 Å². The molecule has 10 aromatic rings. The first-order chi connectivity index (χ1) is 23.7. The fourth-order valence-electron chi connectivity index (χ4n) is 7.68. The highest BCUT2D eigenvalue weighted by Crippen LogP contribution is 2.39. The Kier molecular flexibility index (Phi) is 5.49. The maximum absolute atomic E-state index is 11.5. The lowest BCUT2D eigenvalue weighted by molar-refractivity contribution is -0.384. The second-order valence-corrected chi connectivity index (χ2v) is 12.3. The summed E-state index contributed by atoms with van der Waals surface area (Å²) in [6, 6.07) is 54.3. The highest BCUT2D eigenvalue weighted by Gasteiger charge is 2.19. The monoisotopic (exact) mass is 618 g/mol. The molecule has 0 amide bonds. The van der Waals surface area contributed by atoms with E-state index in [0.717, 1.165) is 60.9 Å². The molecule has 0 bridgehead atoms. The van der Waals surface area contributed by atoms with Crippen molar-refractivity contribution in [3.05, 3.63) is 168 Å². The maximum atomic E-state index is 11.5. The van der Waals surface area contributed by atoms with Crippen molar-refractivity contribution in [1.82, 2.24) is 13.7 Å². The van der Waals surface area contributed by atoms with Crippen LogP contribution in [0.5, 0.6) is 0 Å². The van der Waals surface area contributed by atoms with Crippen LogP contribution in [0.25, 0.3) is 82.5 Å². The highest BCUT2D eigenvalue weighted by atomic mass is 16.6. The van der Waals surface area contributed by atoms with E-state index in [1.165, 1.54) is 21.5 Å². The van der Waals surface area contributed by atoms with Crippen LogP contribution in [-0.4, -0.2) is 18.6 Å². The summed E-state index contributed by atoms with van der Waals surface area (Å²) >= 11 is 0. The number of hydrogen-bond donors (Lipinski definition) is 0. The van der Waals surface area contributed by atoms with E-state index >= 15 is 0 Å². The Morgan fingerprint density at radius 1 is 0.354 bits per heavy atom. The SMILES string of the molecule is O=[N+]([O-])c1ccc(-n2c3ccc(-n4c5ccccc5c5ccccc54)cc3c3cc(-n4c5ccccc5c5ccccc54)ccc32)cc1. The lowest BCUT2D eigenvalue weighted by Gasteiger charge is -2.10. The number of aromatic nitrogens is 3. The zero-order valence-electron chi connectivity index (χ0n) is 25.6. The van der Waals surface area contributed by atoms with E-state index in [0.29, 0.717) is 0 Å². The molecule has 226 valence electrons. The van der Waals surface area contributed by atoms with Gasteiger partial charge >= 0.3 is 0 Å². The Morgan fingerprint density at radius 2 is 0.667 bits per heavy atom. The van der Waals surface area contributed by atoms with Gasteiger partial charge in [-0.05, 0) is 72.8 Å². The van der Waals surface area contributed by atoms with Crippen LogP contribution in [0.4, 0.5) is 5.69 Å². The molecular weight excluding hydrogens is 592 g/mol. The molecule has 10 rings (SSSR count). The van der Waals surface area contributed by atoms with Crippen LogP contribution in [0.1, 0.15) is 0 Å². The molecule has 3 heterocycles. The van der Waals surface area contributed by atoms with Crippen LogP contribution in [0, 0.1) is 10.1 Å². The van der Waals surface area contributed by atoms with Gasteiger partial charge in [-0.2, -0.15) is 0 Å². The molecule has 0 aliphatic carbocycles. The minimum absolute atomic E-state index is 0.0711. The number of non-ortho nitro benzene ring substituents is 1. The number of para-hydroxylation sites is 4. The predicted octanol–water partition coefficient (Wildman–Crippen LogP) is 10.9. The quantitative estimate of drug-likeness (QED) is 0.146. The molecule has 7 aromatic carbocycles. The standard InChI is InChI=1S/C42H26N4O2/c47-46(48)28-19-17-27(18-20-28)43-41-23-21-29(44-37-13-5-1-9-31(37)32-10-2-6-14-38(32)44)25-35(41)36-26-30(22-24-42(36)43)45-39-15-7-3-11-33(39)34-12-4-8-16-40(34)45/h1-26H. The van der Waals surface area contributed by atoms with Crippen molar-refractivity contribution in [1.29, 1.82) is 0 Å². The normalized spacial score (nSPS) is 11.9. The molecule has 0 unspecified atom stereocenters. The predicted molar refractivity (Wildman–Crippen MR) is 196 cm³/mol. The molecule has 3 aromatic heterocycles. The van der Waals surface area contributed by atoms with Gasteiger partial charge in [-0.3, -0.25) is 10.1 Å². The summed E-state index contributed by atoms with van der Waals surface area (Å²) in [4.78, 5) is 11.1. The fraction of sp³-hybridized carbons (Fsp3) is 0. The van der Waals surface area contributed by atoms with Crippen LogP contribution in [0.2, 0.25) is 0 Å². The van der Waals surface area contributed by atoms with Crippen molar-refractivity contribution in [3.63, 3.8) is 0 Å². The van der Waals surface area contributed by atoms with Crippen molar-refractivity contribution < 1.29 is 4.92 Å². The summed E-state index contributed by atoms with van der Waals surface area (Å²) in [5.74, 6) is 0. The Morgan fingerprint density at radius 3 is 1.04 bits per heavy atom. The molecule has 0 aliphatic rings. The lowest BCUT2D eigenvalue weighted by Crippen LogP contribution is -1.97. The molecule has 0 spiro atoms. The molecule has 0 N–H and O–H groups in total. The third-order valence-electron chi connectivity index (χ3n) is 9.73. The highest BCUT2D eigenvalue weighted by molar-refractivity contribution is 6.14. The number of rotatable bonds is 4. The van der Waals surface area contributed by atoms with Crippen LogP contribution in [0.15, 0.2) is 158 Å². The topological polar surface area (TPSA) is 57.9 Å². The van der Waals surface area contributed by atoms with Gasteiger partial charge in [-0.1, -0.05) is 72.8 Å². The molecule has 48 heavy (non-hydrogen) atoms. The first-order valence-electron chi connectivity index (χ1n) is 16.0. The van der Waals surface area contributed by atoms with E-state index in [1.807, 2.05) is 12.1 Å². The molecule has 0 atom stereocenters. The van der Waals surface area contributed by atoms with Crippen LogP contribution in [-0.2, 0) is 0 Å². The third kappa shape index (κ3) is 3.68.